The number of rotatable bonds is 8. The normalized spacial score (nSPS) is 20.4. The van der Waals surface area contributed by atoms with Gasteiger partial charge in [-0.05, 0) is 56.2 Å². The van der Waals surface area contributed by atoms with Crippen LogP contribution in [0.1, 0.15) is 37.8 Å². The first-order valence-corrected chi connectivity index (χ1v) is 12.7. The van der Waals surface area contributed by atoms with Gasteiger partial charge in [0.25, 0.3) is 0 Å². The summed E-state index contributed by atoms with van der Waals surface area (Å²) in [7, 11) is 1.33. The van der Waals surface area contributed by atoms with E-state index in [9.17, 15) is 9.59 Å². The van der Waals surface area contributed by atoms with Gasteiger partial charge in [0.15, 0.2) is 0 Å². The fourth-order valence-electron chi connectivity index (χ4n) is 4.64. The van der Waals surface area contributed by atoms with Gasteiger partial charge in [-0.1, -0.05) is 23.2 Å². The Labute approximate surface area is 215 Å². The summed E-state index contributed by atoms with van der Waals surface area (Å²) < 4.78 is 10.1. The number of nitrogens with one attached hydrogen (secondary N) is 2. The third-order valence-corrected chi connectivity index (χ3v) is 7.28. The van der Waals surface area contributed by atoms with Crippen LogP contribution in [0.4, 0.5) is 10.6 Å². The van der Waals surface area contributed by atoms with E-state index in [2.05, 4.69) is 20.4 Å². The number of anilines is 1. The first-order chi connectivity index (χ1) is 16.9. The van der Waals surface area contributed by atoms with E-state index in [4.69, 9.17) is 32.9 Å². The molecule has 2 fully saturated rings. The molecule has 2 aromatic heterocycles. The van der Waals surface area contributed by atoms with Gasteiger partial charge in [-0.2, -0.15) is 0 Å². The number of ether oxygens (including phenoxy) is 2. The number of methoxy groups -OCH3 is 1. The molecule has 1 amide bonds. The maximum absolute atomic E-state index is 12.9. The fraction of sp³-hybridized carbons (Fsp3) is 0.520. The number of carbonyl (C=O) groups is 2. The second-order valence-corrected chi connectivity index (χ2v) is 9.92. The van der Waals surface area contributed by atoms with Crippen LogP contribution in [0.2, 0.25) is 10.0 Å². The van der Waals surface area contributed by atoms with E-state index in [0.29, 0.717) is 39.3 Å². The third-order valence-electron chi connectivity index (χ3n) is 6.68. The van der Waals surface area contributed by atoms with E-state index < -0.39 is 6.09 Å². The second-order valence-electron chi connectivity index (χ2n) is 9.10. The summed E-state index contributed by atoms with van der Waals surface area (Å²) in [6.45, 7) is 2.40. The van der Waals surface area contributed by atoms with Crippen LogP contribution in [-0.2, 0) is 20.7 Å². The van der Waals surface area contributed by atoms with Crippen LogP contribution < -0.4 is 10.6 Å². The Morgan fingerprint density at radius 3 is 2.71 bits per heavy atom. The fourth-order valence-corrected chi connectivity index (χ4v) is 5.04. The maximum atomic E-state index is 12.9. The minimum absolute atomic E-state index is 0.0514. The summed E-state index contributed by atoms with van der Waals surface area (Å²) in [5, 5.41) is 7.07. The van der Waals surface area contributed by atoms with Gasteiger partial charge in [-0.15, -0.1) is 0 Å². The van der Waals surface area contributed by atoms with E-state index in [0.717, 1.165) is 51.3 Å². The largest absolute Gasteiger partial charge is 0.453 e. The molecule has 0 spiro atoms. The molecule has 2 aliphatic rings. The van der Waals surface area contributed by atoms with Gasteiger partial charge >= 0.3 is 6.09 Å². The third kappa shape index (κ3) is 6.84. The Bertz CT molecular complexity index is 1060. The lowest BCUT2D eigenvalue weighted by molar-refractivity contribution is -0.122. The van der Waals surface area contributed by atoms with Crippen molar-refractivity contribution >= 4 is 40.9 Å². The van der Waals surface area contributed by atoms with Gasteiger partial charge in [-0.3, -0.25) is 9.78 Å². The standard InChI is InChI=1S/C25H30Cl2N4O4/c1-34-25(33)30-17-3-2-16(10-17)22(32)12-18-11-19(21(27)14-28-18)24-20(26)4-5-23(31-24)29-13-15-6-8-35-9-7-15/h4-5,11,14-17H,2-3,6-10,12-13H2,1H3,(H,29,31)(H,30,33)/t16-,17+/m1/s1. The molecule has 1 aliphatic carbocycles. The quantitative estimate of drug-likeness (QED) is 0.508. The Balaban J connectivity index is 1.43. The van der Waals surface area contributed by atoms with Crippen LogP contribution in [0, 0.1) is 11.8 Å². The summed E-state index contributed by atoms with van der Waals surface area (Å²) >= 11 is 13.0. The van der Waals surface area contributed by atoms with Crippen molar-refractivity contribution in [2.75, 3.05) is 32.2 Å². The lowest BCUT2D eigenvalue weighted by atomic mass is 9.97. The van der Waals surface area contributed by atoms with Crippen LogP contribution >= 0.6 is 23.2 Å². The molecule has 3 heterocycles. The number of alkyl carbamates (subject to hydrolysis) is 1. The minimum Gasteiger partial charge on any atom is -0.453 e. The number of aromatic nitrogens is 2. The van der Waals surface area contributed by atoms with Gasteiger partial charge in [0, 0.05) is 55.6 Å². The average molecular weight is 521 g/mol. The van der Waals surface area contributed by atoms with E-state index in [1.807, 2.05) is 6.07 Å². The Hall–Kier alpha value is -2.42. The molecular weight excluding hydrogens is 491 g/mol. The number of halogens is 2. The lowest BCUT2D eigenvalue weighted by Crippen LogP contribution is -2.33. The van der Waals surface area contributed by atoms with Crippen LogP contribution in [0.15, 0.2) is 24.4 Å². The highest BCUT2D eigenvalue weighted by molar-refractivity contribution is 6.36. The van der Waals surface area contributed by atoms with E-state index >= 15 is 0 Å². The molecule has 2 atom stereocenters. The first-order valence-electron chi connectivity index (χ1n) is 11.9. The van der Waals surface area contributed by atoms with Crippen molar-refractivity contribution in [2.24, 2.45) is 11.8 Å². The van der Waals surface area contributed by atoms with Crippen molar-refractivity contribution in [3.63, 3.8) is 0 Å². The smallest absolute Gasteiger partial charge is 0.407 e. The number of hydrogen-bond donors (Lipinski definition) is 2. The summed E-state index contributed by atoms with van der Waals surface area (Å²) in [4.78, 5) is 33.4. The van der Waals surface area contributed by atoms with Crippen molar-refractivity contribution < 1.29 is 19.1 Å². The molecule has 35 heavy (non-hydrogen) atoms. The zero-order valence-electron chi connectivity index (χ0n) is 19.7. The first kappa shape index (κ1) is 25.7. The lowest BCUT2D eigenvalue weighted by Gasteiger charge is -2.22. The van der Waals surface area contributed by atoms with Gasteiger partial charge in [0.05, 0.1) is 22.8 Å². The van der Waals surface area contributed by atoms with Crippen LogP contribution in [0.25, 0.3) is 11.3 Å². The topological polar surface area (TPSA) is 102 Å². The van der Waals surface area contributed by atoms with E-state index in [1.54, 1.807) is 12.1 Å². The number of amides is 1. The van der Waals surface area contributed by atoms with Crippen molar-refractivity contribution in [3.05, 3.63) is 40.1 Å². The zero-order chi connectivity index (χ0) is 24.8. The number of carbonyl (C=O) groups excluding carboxylic acids is 2. The highest BCUT2D eigenvalue weighted by Crippen LogP contribution is 2.34. The Morgan fingerprint density at radius 2 is 1.94 bits per heavy atom. The SMILES string of the molecule is COC(=O)N[C@H]1CC[C@@H](C(=O)Cc2cc(-c3nc(NCC4CCOCC4)ccc3Cl)c(Cl)cn2)C1. The molecule has 0 aromatic carbocycles. The molecule has 8 nitrogen and oxygen atoms in total. The second kappa shape index (κ2) is 12.0. The molecular formula is C25H30Cl2N4O4. The van der Waals surface area contributed by atoms with Gasteiger partial charge in [0.2, 0.25) is 0 Å². The zero-order valence-corrected chi connectivity index (χ0v) is 21.2. The van der Waals surface area contributed by atoms with E-state index in [1.165, 1.54) is 13.3 Å². The maximum Gasteiger partial charge on any atom is 0.407 e. The van der Waals surface area contributed by atoms with Gasteiger partial charge in [0.1, 0.15) is 11.6 Å². The van der Waals surface area contributed by atoms with Crippen molar-refractivity contribution in [1.82, 2.24) is 15.3 Å². The highest BCUT2D eigenvalue weighted by atomic mass is 35.5. The molecule has 4 rings (SSSR count). The Morgan fingerprint density at radius 1 is 1.14 bits per heavy atom. The number of Topliss-reactive ketones (excluding diaryl/α,β-unsaturated/α-hetero) is 1. The number of pyridine rings is 2. The number of nitrogens with zero attached hydrogens (tertiary/aromatic N) is 2. The minimum atomic E-state index is -0.471. The molecule has 2 aromatic rings. The summed E-state index contributed by atoms with van der Waals surface area (Å²) in [5.74, 6) is 1.23. The number of hydrogen-bond acceptors (Lipinski definition) is 7. The van der Waals surface area contributed by atoms with Gasteiger partial charge in [-0.25, -0.2) is 9.78 Å². The van der Waals surface area contributed by atoms with Crippen molar-refractivity contribution in [3.8, 4) is 11.3 Å². The van der Waals surface area contributed by atoms with Crippen molar-refractivity contribution in [2.45, 2.75) is 44.6 Å². The molecule has 188 valence electrons. The molecule has 2 N–H and O–H groups in total. The molecule has 0 bridgehead atoms. The summed E-state index contributed by atoms with van der Waals surface area (Å²) in [5.41, 5.74) is 1.80. The summed E-state index contributed by atoms with van der Waals surface area (Å²) in [6, 6.07) is 5.38. The predicted octanol–water partition coefficient (Wildman–Crippen LogP) is 4.93. The van der Waals surface area contributed by atoms with Gasteiger partial charge < -0.3 is 20.1 Å². The molecule has 1 saturated carbocycles. The molecule has 1 aliphatic heterocycles. The highest BCUT2D eigenvalue weighted by Gasteiger charge is 2.31. The molecule has 0 unspecified atom stereocenters. The average Bonchev–Trinajstić information content (AvgIpc) is 3.34. The summed E-state index contributed by atoms with van der Waals surface area (Å²) in [6.07, 6.45) is 5.38. The monoisotopic (exact) mass is 520 g/mol. The number of ketones is 1. The van der Waals surface area contributed by atoms with Crippen LogP contribution in [-0.4, -0.2) is 54.8 Å². The predicted molar refractivity (Wildman–Crippen MR) is 135 cm³/mol. The molecule has 10 heteroatoms. The Kier molecular flexibility index (Phi) is 8.81. The molecule has 0 radical (unpaired) electrons. The van der Waals surface area contributed by atoms with Crippen LogP contribution in [0.5, 0.6) is 0 Å². The van der Waals surface area contributed by atoms with E-state index in [-0.39, 0.29) is 24.2 Å². The van der Waals surface area contributed by atoms with Crippen molar-refractivity contribution in [1.29, 1.82) is 0 Å². The molecule has 1 saturated heterocycles. The van der Waals surface area contributed by atoms with Crippen LogP contribution in [0.3, 0.4) is 0 Å².